The molecule has 2 atom stereocenters. The molecule has 0 aromatic heterocycles. The Hall–Kier alpha value is -0.650. The molecule has 1 fully saturated rings. The van der Waals surface area contributed by atoms with Crippen LogP contribution in [0, 0.1) is 0 Å². The molecule has 0 aromatic carbocycles. The highest BCUT2D eigenvalue weighted by Gasteiger charge is 2.31. The van der Waals surface area contributed by atoms with E-state index in [2.05, 4.69) is 24.2 Å². The third kappa shape index (κ3) is 6.76. The van der Waals surface area contributed by atoms with Gasteiger partial charge in [0, 0.05) is 13.2 Å². The van der Waals surface area contributed by atoms with Gasteiger partial charge in [-0.25, -0.2) is 0 Å². The smallest absolute Gasteiger partial charge is 0.323 e. The van der Waals surface area contributed by atoms with Crippen LogP contribution < -0.4 is 5.32 Å². The number of carboxylic acids is 1. The van der Waals surface area contributed by atoms with Gasteiger partial charge >= 0.3 is 5.97 Å². The van der Waals surface area contributed by atoms with E-state index in [0.29, 0.717) is 12.5 Å². The zero-order chi connectivity index (χ0) is 15.7. The summed E-state index contributed by atoms with van der Waals surface area (Å²) in [4.78, 5) is 13.7. The quantitative estimate of drug-likeness (QED) is 0.572. The Morgan fingerprint density at radius 1 is 1.48 bits per heavy atom. The Kier molecular flexibility index (Phi) is 8.22. The zero-order valence-corrected chi connectivity index (χ0v) is 13.9. The molecule has 1 heterocycles. The van der Waals surface area contributed by atoms with E-state index >= 15 is 0 Å². The van der Waals surface area contributed by atoms with Crippen LogP contribution in [0.5, 0.6) is 0 Å². The Morgan fingerprint density at radius 3 is 2.81 bits per heavy atom. The Bertz CT molecular complexity index is 306. The minimum absolute atomic E-state index is 0.394. The number of ether oxygens (including phenoxy) is 1. The molecule has 0 amide bonds. The molecule has 0 aromatic rings. The molecule has 1 aliphatic heterocycles. The monoisotopic (exact) mass is 300 g/mol. The first-order valence-electron chi connectivity index (χ1n) is 8.26. The fourth-order valence-corrected chi connectivity index (χ4v) is 2.76. The van der Waals surface area contributed by atoms with Gasteiger partial charge in [-0.05, 0) is 65.6 Å². The minimum Gasteiger partial charge on any atom is -0.480 e. The largest absolute Gasteiger partial charge is 0.480 e. The molecule has 0 aliphatic carbocycles. The highest BCUT2D eigenvalue weighted by atomic mass is 16.5. The van der Waals surface area contributed by atoms with Crippen molar-refractivity contribution in [1.29, 1.82) is 0 Å². The van der Waals surface area contributed by atoms with Gasteiger partial charge in [0.25, 0.3) is 0 Å². The van der Waals surface area contributed by atoms with Gasteiger partial charge in [-0.3, -0.25) is 4.79 Å². The van der Waals surface area contributed by atoms with Crippen molar-refractivity contribution in [2.75, 3.05) is 33.3 Å². The lowest BCUT2D eigenvalue weighted by Crippen LogP contribution is -2.49. The maximum atomic E-state index is 11.4. The maximum Gasteiger partial charge on any atom is 0.323 e. The molecule has 21 heavy (non-hydrogen) atoms. The summed E-state index contributed by atoms with van der Waals surface area (Å²) >= 11 is 0. The molecule has 124 valence electrons. The summed E-state index contributed by atoms with van der Waals surface area (Å²) in [5.74, 6) is -0.747. The summed E-state index contributed by atoms with van der Waals surface area (Å²) in [6.45, 7) is 7.49. The predicted molar refractivity (Wildman–Crippen MR) is 84.7 cm³/mol. The molecule has 5 heteroatoms. The van der Waals surface area contributed by atoms with Crippen LogP contribution in [-0.4, -0.2) is 60.9 Å². The van der Waals surface area contributed by atoms with Crippen LogP contribution in [0.15, 0.2) is 0 Å². The minimum atomic E-state index is -0.789. The van der Waals surface area contributed by atoms with Crippen molar-refractivity contribution in [2.45, 2.75) is 64.0 Å². The van der Waals surface area contributed by atoms with Crippen molar-refractivity contribution >= 4 is 5.97 Å². The third-order valence-electron chi connectivity index (χ3n) is 4.24. The molecule has 1 rings (SSSR count). The molecule has 0 radical (unpaired) electrons. The summed E-state index contributed by atoms with van der Waals surface area (Å²) in [6, 6.07) is 0. The van der Waals surface area contributed by atoms with Gasteiger partial charge in [-0.2, -0.15) is 0 Å². The van der Waals surface area contributed by atoms with E-state index < -0.39 is 11.5 Å². The lowest BCUT2D eigenvalue weighted by molar-refractivity contribution is -0.144. The molecule has 0 bridgehead atoms. The van der Waals surface area contributed by atoms with Crippen molar-refractivity contribution in [3.8, 4) is 0 Å². The molecule has 1 saturated heterocycles. The summed E-state index contributed by atoms with van der Waals surface area (Å²) in [6.07, 6.45) is 6.32. The number of carbonyl (C=O) groups is 1. The molecule has 0 spiro atoms. The van der Waals surface area contributed by atoms with E-state index in [-0.39, 0.29) is 0 Å². The summed E-state index contributed by atoms with van der Waals surface area (Å²) in [5.41, 5.74) is -0.789. The third-order valence-corrected chi connectivity index (χ3v) is 4.24. The second kappa shape index (κ2) is 9.38. The first-order valence-corrected chi connectivity index (χ1v) is 8.26. The molecular weight excluding hydrogens is 268 g/mol. The lowest BCUT2D eigenvalue weighted by atomic mass is 9.94. The Morgan fingerprint density at radius 2 is 2.24 bits per heavy atom. The molecule has 2 unspecified atom stereocenters. The van der Waals surface area contributed by atoms with E-state index in [4.69, 9.17) is 4.74 Å². The van der Waals surface area contributed by atoms with E-state index in [9.17, 15) is 9.90 Å². The predicted octanol–water partition coefficient (Wildman–Crippen LogP) is 2.11. The normalized spacial score (nSPS) is 21.6. The van der Waals surface area contributed by atoms with Crippen LogP contribution in [0.25, 0.3) is 0 Å². The number of hydrogen-bond acceptors (Lipinski definition) is 4. The van der Waals surface area contributed by atoms with Gasteiger partial charge in [0.1, 0.15) is 5.54 Å². The standard InChI is InChI=1S/C16H32N2O3/c1-4-10-17-16(2,15(19)20)9-5-6-11-18(3)13-14-8-7-12-21-14/h14,17H,4-13H2,1-3H3,(H,19,20). The number of rotatable bonds is 11. The SMILES string of the molecule is CCCNC(C)(CCCCN(C)CC1CCCO1)C(=O)O. The van der Waals surface area contributed by atoms with E-state index in [1.54, 1.807) is 6.92 Å². The number of hydrogen-bond donors (Lipinski definition) is 2. The zero-order valence-electron chi connectivity index (χ0n) is 13.9. The molecule has 0 saturated carbocycles. The number of nitrogens with zero attached hydrogens (tertiary/aromatic N) is 1. The number of aliphatic carboxylic acids is 1. The number of likely N-dealkylation sites (N-methyl/N-ethyl adjacent to an activating group) is 1. The number of nitrogens with one attached hydrogen (secondary N) is 1. The molecule has 5 nitrogen and oxygen atoms in total. The van der Waals surface area contributed by atoms with Crippen LogP contribution in [0.4, 0.5) is 0 Å². The first-order chi connectivity index (χ1) is 9.98. The number of unbranched alkanes of at least 4 members (excludes halogenated alkanes) is 1. The van der Waals surface area contributed by atoms with Crippen LogP contribution >= 0.6 is 0 Å². The van der Waals surface area contributed by atoms with Gasteiger partial charge in [0.15, 0.2) is 0 Å². The first kappa shape index (κ1) is 18.4. The summed E-state index contributed by atoms with van der Waals surface area (Å²) < 4.78 is 5.63. The molecule has 2 N–H and O–H groups in total. The Labute approximate surface area is 129 Å². The van der Waals surface area contributed by atoms with Crippen LogP contribution in [-0.2, 0) is 9.53 Å². The highest BCUT2D eigenvalue weighted by Crippen LogP contribution is 2.16. The van der Waals surface area contributed by atoms with Gasteiger partial charge in [0.2, 0.25) is 0 Å². The summed E-state index contributed by atoms with van der Waals surface area (Å²) in [7, 11) is 2.12. The Balaban J connectivity index is 2.19. The van der Waals surface area contributed by atoms with E-state index in [1.165, 1.54) is 12.8 Å². The fourth-order valence-electron chi connectivity index (χ4n) is 2.76. The van der Waals surface area contributed by atoms with Crippen molar-refractivity contribution in [3.05, 3.63) is 0 Å². The maximum absolute atomic E-state index is 11.4. The van der Waals surface area contributed by atoms with Crippen molar-refractivity contribution in [3.63, 3.8) is 0 Å². The van der Waals surface area contributed by atoms with Gasteiger partial charge in [0.05, 0.1) is 6.10 Å². The van der Waals surface area contributed by atoms with Crippen molar-refractivity contribution < 1.29 is 14.6 Å². The van der Waals surface area contributed by atoms with Crippen molar-refractivity contribution in [2.24, 2.45) is 0 Å². The van der Waals surface area contributed by atoms with Gasteiger partial charge < -0.3 is 20.1 Å². The average Bonchev–Trinajstić information content (AvgIpc) is 2.94. The second-order valence-electron chi connectivity index (χ2n) is 6.42. The number of carboxylic acid groups (broad SMARTS) is 1. The van der Waals surface area contributed by atoms with Crippen LogP contribution in [0.2, 0.25) is 0 Å². The fraction of sp³-hybridized carbons (Fsp3) is 0.938. The van der Waals surface area contributed by atoms with Crippen molar-refractivity contribution in [1.82, 2.24) is 10.2 Å². The van der Waals surface area contributed by atoms with Gasteiger partial charge in [-0.15, -0.1) is 0 Å². The lowest BCUT2D eigenvalue weighted by Gasteiger charge is -2.27. The average molecular weight is 300 g/mol. The van der Waals surface area contributed by atoms with Crippen LogP contribution in [0.1, 0.15) is 52.4 Å². The molecule has 1 aliphatic rings. The van der Waals surface area contributed by atoms with E-state index in [0.717, 1.165) is 45.5 Å². The van der Waals surface area contributed by atoms with E-state index in [1.807, 2.05) is 0 Å². The second-order valence-corrected chi connectivity index (χ2v) is 6.42. The van der Waals surface area contributed by atoms with Gasteiger partial charge in [-0.1, -0.05) is 6.92 Å². The molecular formula is C16H32N2O3. The van der Waals surface area contributed by atoms with Crippen LogP contribution in [0.3, 0.4) is 0 Å². The summed E-state index contributed by atoms with van der Waals surface area (Å²) in [5, 5.41) is 12.5. The topological polar surface area (TPSA) is 61.8 Å². The highest BCUT2D eigenvalue weighted by molar-refractivity contribution is 5.78.